The number of aromatic amines is 2. The van der Waals surface area contributed by atoms with Gasteiger partial charge in [-0.25, -0.2) is 9.59 Å². The average Bonchev–Trinajstić information content (AvgIpc) is 4.21. The number of nitrogens with zero attached hydrogens (tertiary/aromatic N) is 5. The first-order valence-corrected chi connectivity index (χ1v) is 24.6. The van der Waals surface area contributed by atoms with Gasteiger partial charge in [0.2, 0.25) is 11.8 Å². The number of amides is 4. The molecule has 4 amide bonds. The Morgan fingerprint density at radius 1 is 0.594 bits per heavy atom. The number of ether oxygens (including phenoxy) is 2. The summed E-state index contributed by atoms with van der Waals surface area (Å²) in [5.41, 5.74) is 10.3. The van der Waals surface area contributed by atoms with E-state index in [-0.39, 0.29) is 53.2 Å². The number of carbonyl (C=O) groups is 4. The topological polar surface area (TPSA) is 178 Å². The first-order chi connectivity index (χ1) is 33.1. The lowest BCUT2D eigenvalue weighted by atomic mass is 9.87. The van der Waals surface area contributed by atoms with Gasteiger partial charge in [0.05, 0.1) is 61.2 Å². The first-order valence-electron chi connectivity index (χ1n) is 24.6. The fourth-order valence-electron chi connectivity index (χ4n) is 10.5. The normalized spacial score (nSPS) is 20.4. The maximum absolute atomic E-state index is 13.8. The first kappa shape index (κ1) is 48.8. The number of H-pyrrole nitrogens is 2. The number of alkyl carbamates (subject to hydrolysis) is 2. The standard InChI is InChI=1S/C54H69N9O6/c1-32(2)48(55-52(66)68-8)50(64)61-28-10-12-46(61)42-30-40(57-59-42)34-14-18-36(19-15-34)44-26-27-45(63(44)39-24-22-38(23-25-39)54(5,6)7)37-20-16-35(17-21-37)41-31-43(60-58-41)47-13-11-29-62(47)51(65)49(33(3)4)56-53(67)69-9/h14-25,30-33,44-49H,10-13,26-29H2,1-9H3,(H,55,66)(H,56,67)(H,57,59)(H,58,60)/t44-,45-,46+,47+,48+,49+/m1/s1. The Morgan fingerprint density at radius 2 is 1.00 bits per heavy atom. The van der Waals surface area contributed by atoms with Gasteiger partial charge in [-0.05, 0) is 96.7 Å². The van der Waals surface area contributed by atoms with Crippen molar-refractivity contribution in [3.8, 4) is 22.5 Å². The number of likely N-dealkylation sites (tertiary alicyclic amines) is 2. The van der Waals surface area contributed by atoms with Crippen molar-refractivity contribution < 1.29 is 28.7 Å². The van der Waals surface area contributed by atoms with Crippen LogP contribution in [0, 0.1) is 11.8 Å². The number of hydrogen-bond donors (Lipinski definition) is 4. The molecule has 15 heteroatoms. The number of carbonyl (C=O) groups excluding carboxylic acids is 4. The molecule has 0 unspecified atom stereocenters. The maximum atomic E-state index is 13.8. The van der Waals surface area contributed by atoms with Crippen LogP contribution in [0.4, 0.5) is 15.3 Å². The fraction of sp³-hybridized carbons (Fsp3) is 0.481. The Balaban J connectivity index is 1.00. The number of anilines is 1. The summed E-state index contributed by atoms with van der Waals surface area (Å²) >= 11 is 0. The van der Waals surface area contributed by atoms with Gasteiger partial charge in [-0.15, -0.1) is 0 Å². The number of hydrogen-bond acceptors (Lipinski definition) is 9. The van der Waals surface area contributed by atoms with Crippen LogP contribution < -0.4 is 15.5 Å². The fourth-order valence-corrected chi connectivity index (χ4v) is 10.5. The van der Waals surface area contributed by atoms with Crippen LogP contribution in [0.25, 0.3) is 22.5 Å². The predicted octanol–water partition coefficient (Wildman–Crippen LogP) is 9.94. The van der Waals surface area contributed by atoms with Crippen molar-refractivity contribution in [1.29, 1.82) is 0 Å². The average molecular weight is 940 g/mol. The second-order valence-electron chi connectivity index (χ2n) is 20.6. The molecule has 5 aromatic rings. The second kappa shape index (κ2) is 20.5. The molecule has 0 aliphatic carbocycles. The van der Waals surface area contributed by atoms with Crippen molar-refractivity contribution in [3.63, 3.8) is 0 Å². The van der Waals surface area contributed by atoms with Crippen LogP contribution in [0.3, 0.4) is 0 Å². The molecule has 0 bridgehead atoms. The minimum atomic E-state index is -0.688. The summed E-state index contributed by atoms with van der Waals surface area (Å²) in [6, 6.07) is 29.2. The Morgan fingerprint density at radius 3 is 1.36 bits per heavy atom. The third-order valence-corrected chi connectivity index (χ3v) is 14.4. The highest BCUT2D eigenvalue weighted by Gasteiger charge is 2.40. The molecule has 5 heterocycles. The molecular weight excluding hydrogens is 871 g/mol. The molecule has 0 radical (unpaired) electrons. The van der Waals surface area contributed by atoms with Gasteiger partial charge in [0.15, 0.2) is 0 Å². The van der Waals surface area contributed by atoms with Gasteiger partial charge < -0.3 is 34.8 Å². The Bertz CT molecular complexity index is 2430. The predicted molar refractivity (Wildman–Crippen MR) is 266 cm³/mol. The second-order valence-corrected chi connectivity index (χ2v) is 20.6. The number of methoxy groups -OCH3 is 2. The Kier molecular flexibility index (Phi) is 14.5. The minimum absolute atomic E-state index is 0.0276. The molecule has 6 atom stereocenters. The van der Waals surface area contributed by atoms with Gasteiger partial charge in [-0.1, -0.05) is 109 Å². The molecule has 8 rings (SSSR count). The van der Waals surface area contributed by atoms with E-state index in [4.69, 9.17) is 19.7 Å². The molecule has 2 aromatic heterocycles. The van der Waals surface area contributed by atoms with Crippen molar-refractivity contribution in [1.82, 2.24) is 40.8 Å². The molecule has 3 aliphatic heterocycles. The van der Waals surface area contributed by atoms with Gasteiger partial charge in [0, 0.05) is 29.9 Å². The quantitative estimate of drug-likeness (QED) is 0.0895. The van der Waals surface area contributed by atoms with E-state index in [0.29, 0.717) is 13.1 Å². The van der Waals surface area contributed by atoms with Gasteiger partial charge in [-0.3, -0.25) is 19.8 Å². The van der Waals surface area contributed by atoms with E-state index >= 15 is 0 Å². The van der Waals surface area contributed by atoms with E-state index in [1.165, 1.54) is 36.6 Å². The third kappa shape index (κ3) is 10.4. The summed E-state index contributed by atoms with van der Waals surface area (Å²) in [6.45, 7) is 15.6. The van der Waals surface area contributed by atoms with Gasteiger partial charge >= 0.3 is 12.2 Å². The summed E-state index contributed by atoms with van der Waals surface area (Å²) in [4.78, 5) is 58.0. The lowest BCUT2D eigenvalue weighted by molar-refractivity contribution is -0.136. The Hall–Kier alpha value is -6.64. The molecule has 0 spiro atoms. The van der Waals surface area contributed by atoms with Crippen LogP contribution in [0.15, 0.2) is 84.9 Å². The summed E-state index contributed by atoms with van der Waals surface area (Å²) in [5, 5.41) is 21.4. The van der Waals surface area contributed by atoms with Crippen LogP contribution in [-0.4, -0.2) is 93.6 Å². The molecule has 3 saturated heterocycles. The van der Waals surface area contributed by atoms with Gasteiger partial charge in [0.1, 0.15) is 12.1 Å². The van der Waals surface area contributed by atoms with Crippen LogP contribution >= 0.6 is 0 Å². The van der Waals surface area contributed by atoms with Crippen molar-refractivity contribution in [3.05, 3.63) is 113 Å². The zero-order chi connectivity index (χ0) is 49.1. The minimum Gasteiger partial charge on any atom is -0.453 e. The molecule has 3 fully saturated rings. The maximum Gasteiger partial charge on any atom is 0.407 e. The van der Waals surface area contributed by atoms with E-state index in [0.717, 1.165) is 72.4 Å². The van der Waals surface area contributed by atoms with Crippen LogP contribution in [0.5, 0.6) is 0 Å². The molecule has 15 nitrogen and oxygen atoms in total. The van der Waals surface area contributed by atoms with Crippen LogP contribution in [0.1, 0.15) is 139 Å². The third-order valence-electron chi connectivity index (χ3n) is 14.4. The highest BCUT2D eigenvalue weighted by atomic mass is 16.5. The molecular formula is C54H69N9O6. The Labute approximate surface area is 406 Å². The van der Waals surface area contributed by atoms with Crippen molar-refractivity contribution in [2.45, 2.75) is 129 Å². The highest BCUT2D eigenvalue weighted by Crippen LogP contribution is 2.48. The van der Waals surface area contributed by atoms with E-state index in [1.807, 2.05) is 49.6 Å². The number of rotatable bonds is 13. The lowest BCUT2D eigenvalue weighted by Crippen LogP contribution is -2.51. The SMILES string of the molecule is COC(=O)N[C@H](C(=O)N1CCC[C@H]1c1cc(-c2ccc([C@H]3CC[C@H](c4ccc(-c5cc([C@@H]6CCCN6C(=O)[C@@H](NC(=O)OC)C(C)C)[nH]n5)cc4)N3c3ccc(C(C)(C)C)cc3)cc2)n[nH]1)C(C)C. The van der Waals surface area contributed by atoms with Gasteiger partial charge in [-0.2, -0.15) is 10.2 Å². The highest BCUT2D eigenvalue weighted by molar-refractivity contribution is 5.87. The monoisotopic (exact) mass is 940 g/mol. The van der Waals surface area contributed by atoms with E-state index in [1.54, 1.807) is 0 Å². The summed E-state index contributed by atoms with van der Waals surface area (Å²) in [6.07, 6.45) is 4.04. The molecule has 3 aromatic carbocycles. The van der Waals surface area contributed by atoms with Crippen LogP contribution in [0.2, 0.25) is 0 Å². The van der Waals surface area contributed by atoms with Gasteiger partial charge in [0.25, 0.3) is 0 Å². The molecule has 69 heavy (non-hydrogen) atoms. The lowest BCUT2D eigenvalue weighted by Gasteiger charge is -2.34. The van der Waals surface area contributed by atoms with E-state index in [9.17, 15) is 19.2 Å². The summed E-state index contributed by atoms with van der Waals surface area (Å²) < 4.78 is 9.63. The molecule has 366 valence electrons. The van der Waals surface area contributed by atoms with E-state index in [2.05, 4.69) is 119 Å². The van der Waals surface area contributed by atoms with Crippen molar-refractivity contribution >= 4 is 29.7 Å². The number of nitrogens with one attached hydrogen (secondary N) is 4. The van der Waals surface area contributed by atoms with E-state index < -0.39 is 24.3 Å². The number of benzene rings is 3. The van der Waals surface area contributed by atoms with Crippen molar-refractivity contribution in [2.24, 2.45) is 11.8 Å². The largest absolute Gasteiger partial charge is 0.453 e. The number of aromatic nitrogens is 4. The molecule has 0 saturated carbocycles. The zero-order valence-electron chi connectivity index (χ0n) is 41.5. The smallest absolute Gasteiger partial charge is 0.407 e. The zero-order valence-corrected chi connectivity index (χ0v) is 41.5. The summed E-state index contributed by atoms with van der Waals surface area (Å²) in [5.74, 6) is -0.456. The summed E-state index contributed by atoms with van der Waals surface area (Å²) in [7, 11) is 2.61. The van der Waals surface area contributed by atoms with Crippen molar-refractivity contribution in [2.75, 3.05) is 32.2 Å². The molecule has 3 aliphatic rings. The molecule has 4 N–H and O–H groups in total. The van der Waals surface area contributed by atoms with Crippen LogP contribution in [-0.2, 0) is 24.5 Å².